The molecule has 2 fully saturated rings. The van der Waals surface area contributed by atoms with E-state index in [2.05, 4.69) is 0 Å². The molecule has 1 saturated heterocycles. The molecule has 1 heterocycles. The summed E-state index contributed by atoms with van der Waals surface area (Å²) in [4.78, 5) is 10.6. The lowest BCUT2D eigenvalue weighted by molar-refractivity contribution is -0.105. The maximum Gasteiger partial charge on any atom is 0.169 e. The molecule has 0 bridgehead atoms. The highest BCUT2D eigenvalue weighted by atomic mass is 32.2. The summed E-state index contributed by atoms with van der Waals surface area (Å²) in [7, 11) is 0.460. The van der Waals surface area contributed by atoms with Crippen molar-refractivity contribution >= 4 is 17.2 Å². The largest absolute Gasteiger partial charge is 0.298 e. The molecule has 2 atom stereocenters. The highest BCUT2D eigenvalue weighted by molar-refractivity contribution is 7.98. The molecule has 1 aliphatic carbocycles. The second-order valence-corrected chi connectivity index (χ2v) is 7.08. The molecule has 1 aliphatic heterocycles. The van der Waals surface area contributed by atoms with E-state index in [1.807, 2.05) is 0 Å². The van der Waals surface area contributed by atoms with Gasteiger partial charge >= 0.3 is 0 Å². The van der Waals surface area contributed by atoms with Gasteiger partial charge in [0.05, 0.1) is 0 Å². The molecule has 2 aliphatic rings. The van der Waals surface area contributed by atoms with Crippen molar-refractivity contribution in [3.05, 3.63) is 0 Å². The van der Waals surface area contributed by atoms with Crippen LogP contribution in [0.4, 0.5) is 0 Å². The molecule has 0 spiro atoms. The van der Waals surface area contributed by atoms with Crippen LogP contribution in [0.3, 0.4) is 0 Å². The van der Waals surface area contributed by atoms with Crippen LogP contribution in [-0.2, 0) is 15.7 Å². The third kappa shape index (κ3) is 2.33. The van der Waals surface area contributed by atoms with Gasteiger partial charge in [-0.3, -0.25) is 4.79 Å². The normalized spacial score (nSPS) is 34.6. The maximum absolute atomic E-state index is 10.6. The van der Waals surface area contributed by atoms with Crippen LogP contribution in [0.1, 0.15) is 44.9 Å². The summed E-state index contributed by atoms with van der Waals surface area (Å²) in [5, 5.41) is 0.927. The fourth-order valence-corrected chi connectivity index (χ4v) is 5.87. The summed E-state index contributed by atoms with van der Waals surface area (Å²) in [5.74, 6) is 3.19. The number of aldehydes is 1. The van der Waals surface area contributed by atoms with Crippen LogP contribution in [0, 0.1) is 5.92 Å². The van der Waals surface area contributed by atoms with E-state index in [0.29, 0.717) is 10.9 Å². The third-order valence-corrected chi connectivity index (χ3v) is 6.64. The Morgan fingerprint density at radius 2 is 1.79 bits per heavy atom. The average Bonchev–Trinajstić information content (AvgIpc) is 2.72. The van der Waals surface area contributed by atoms with E-state index in [-0.39, 0.29) is 0 Å². The predicted molar refractivity (Wildman–Crippen MR) is 62.8 cm³/mol. The number of hydrogen-bond acceptors (Lipinski definition) is 1. The van der Waals surface area contributed by atoms with E-state index in [0.717, 1.165) is 23.2 Å². The minimum atomic E-state index is 0.460. The van der Waals surface area contributed by atoms with Crippen molar-refractivity contribution in [2.24, 2.45) is 5.92 Å². The van der Waals surface area contributed by atoms with Crippen molar-refractivity contribution in [3.63, 3.8) is 0 Å². The van der Waals surface area contributed by atoms with Gasteiger partial charge in [-0.25, -0.2) is 0 Å². The van der Waals surface area contributed by atoms with E-state index in [9.17, 15) is 4.79 Å². The molecule has 1 saturated carbocycles. The summed E-state index contributed by atoms with van der Waals surface area (Å²) in [6.45, 7) is 0. The van der Waals surface area contributed by atoms with Gasteiger partial charge in [-0.15, -0.1) is 0 Å². The van der Waals surface area contributed by atoms with Gasteiger partial charge in [0.1, 0.15) is 11.0 Å². The first-order valence-corrected chi connectivity index (χ1v) is 7.64. The van der Waals surface area contributed by atoms with E-state index in [4.69, 9.17) is 0 Å². The Morgan fingerprint density at radius 1 is 1.07 bits per heavy atom. The minimum absolute atomic E-state index is 0.460. The monoisotopic (exact) mass is 213 g/mol. The van der Waals surface area contributed by atoms with Crippen molar-refractivity contribution < 1.29 is 4.79 Å². The number of carbonyl (C=O) groups excluding carboxylic acids is 1. The Balaban J connectivity index is 1.94. The average molecular weight is 213 g/mol. The zero-order valence-corrected chi connectivity index (χ0v) is 9.73. The minimum Gasteiger partial charge on any atom is -0.298 e. The van der Waals surface area contributed by atoms with Crippen molar-refractivity contribution in [1.29, 1.82) is 0 Å². The first kappa shape index (κ1) is 10.5. The Labute approximate surface area is 90.0 Å². The van der Waals surface area contributed by atoms with Gasteiger partial charge in [0.2, 0.25) is 0 Å². The van der Waals surface area contributed by atoms with E-state index in [1.165, 1.54) is 50.7 Å². The number of rotatable bonds is 3. The van der Waals surface area contributed by atoms with Crippen LogP contribution in [-0.4, -0.2) is 23.0 Å². The molecule has 0 N–H and O–H groups in total. The van der Waals surface area contributed by atoms with Crippen LogP contribution >= 0.6 is 0 Å². The highest BCUT2D eigenvalue weighted by Gasteiger charge is 2.39. The third-order valence-electron chi connectivity index (χ3n) is 3.78. The van der Waals surface area contributed by atoms with Crippen LogP contribution in [0.25, 0.3) is 0 Å². The molecule has 0 radical (unpaired) electrons. The van der Waals surface area contributed by atoms with Gasteiger partial charge in [-0.05, 0) is 43.0 Å². The van der Waals surface area contributed by atoms with Gasteiger partial charge in [-0.1, -0.05) is 12.8 Å². The molecule has 2 rings (SSSR count). The predicted octanol–water partition coefficient (Wildman–Crippen LogP) is 2.55. The zero-order valence-electron chi connectivity index (χ0n) is 8.91. The lowest BCUT2D eigenvalue weighted by Crippen LogP contribution is -2.36. The summed E-state index contributed by atoms with van der Waals surface area (Å²) < 4.78 is 0. The Hall–Kier alpha value is 0.0200. The molecule has 14 heavy (non-hydrogen) atoms. The van der Waals surface area contributed by atoms with Crippen LogP contribution in [0.2, 0.25) is 0 Å². The van der Waals surface area contributed by atoms with Crippen molar-refractivity contribution in [2.45, 2.75) is 50.2 Å². The molecule has 1 nitrogen and oxygen atoms in total. The Kier molecular flexibility index (Phi) is 3.91. The fourth-order valence-electron chi connectivity index (χ4n) is 3.08. The second kappa shape index (κ2) is 5.20. The molecule has 80 valence electrons. The van der Waals surface area contributed by atoms with Crippen LogP contribution in [0.15, 0.2) is 0 Å². The maximum atomic E-state index is 10.6. The van der Waals surface area contributed by atoms with Gasteiger partial charge < -0.3 is 0 Å². The Bertz CT molecular complexity index is 187. The van der Waals surface area contributed by atoms with Gasteiger partial charge in [-0.2, -0.15) is 0 Å². The van der Waals surface area contributed by atoms with Crippen molar-refractivity contribution in [3.8, 4) is 0 Å². The zero-order chi connectivity index (χ0) is 9.80. The number of hydrogen-bond donors (Lipinski definition) is 0. The van der Waals surface area contributed by atoms with E-state index in [1.54, 1.807) is 0 Å². The summed E-state index contributed by atoms with van der Waals surface area (Å²) in [6.07, 6.45) is 11.2. The number of carbonyl (C=O) groups is 1. The molecule has 2 unspecified atom stereocenters. The van der Waals surface area contributed by atoms with E-state index >= 15 is 0 Å². The first-order valence-electron chi connectivity index (χ1n) is 6.02. The standard InChI is InChI=1S/C12H21OS/c13-8-10-14-9-4-3-7-12(14)11-5-1-2-6-11/h8,11-12H,1-7,9-10H2/q+1. The quantitative estimate of drug-likeness (QED) is 0.520. The fraction of sp³-hybridized carbons (Fsp3) is 0.917. The molecular formula is C12H21OS+. The second-order valence-electron chi connectivity index (χ2n) is 4.65. The van der Waals surface area contributed by atoms with Crippen LogP contribution < -0.4 is 0 Å². The van der Waals surface area contributed by atoms with Crippen molar-refractivity contribution in [2.75, 3.05) is 11.5 Å². The molecular weight excluding hydrogens is 192 g/mol. The lowest BCUT2D eigenvalue weighted by Gasteiger charge is -2.27. The summed E-state index contributed by atoms with van der Waals surface area (Å²) in [5.41, 5.74) is 0. The SMILES string of the molecule is O=CC[S+]1CCCCC1C1CCCC1. The smallest absolute Gasteiger partial charge is 0.169 e. The molecule has 2 heteroatoms. The Morgan fingerprint density at radius 3 is 2.50 bits per heavy atom. The lowest BCUT2D eigenvalue weighted by atomic mass is 9.99. The topological polar surface area (TPSA) is 17.1 Å². The summed E-state index contributed by atoms with van der Waals surface area (Å²) >= 11 is 0. The van der Waals surface area contributed by atoms with Gasteiger partial charge in [0.15, 0.2) is 12.0 Å². The molecule has 0 aromatic rings. The van der Waals surface area contributed by atoms with Crippen molar-refractivity contribution in [1.82, 2.24) is 0 Å². The van der Waals surface area contributed by atoms with Gasteiger partial charge in [0.25, 0.3) is 0 Å². The first-order chi connectivity index (χ1) is 6.92. The highest BCUT2D eigenvalue weighted by Crippen LogP contribution is 2.36. The van der Waals surface area contributed by atoms with Crippen LogP contribution in [0.5, 0.6) is 0 Å². The summed E-state index contributed by atoms with van der Waals surface area (Å²) in [6, 6.07) is 0. The van der Waals surface area contributed by atoms with Gasteiger partial charge in [0, 0.05) is 5.92 Å². The molecule has 0 aromatic heterocycles. The molecule has 0 amide bonds. The molecule has 0 aromatic carbocycles. The van der Waals surface area contributed by atoms with E-state index < -0.39 is 0 Å².